The maximum absolute atomic E-state index is 12.9. The SMILES string of the molecule is CC.Cc1nnnc2c(Cl)cc(F)cc12. The molecule has 0 atom stereocenters. The quantitative estimate of drug-likeness (QED) is 0.694. The molecule has 1 aromatic carbocycles. The maximum atomic E-state index is 12.9. The molecule has 5 heteroatoms. The van der Waals surface area contributed by atoms with Crippen LogP contribution in [0.5, 0.6) is 0 Å². The molecule has 0 unspecified atom stereocenters. The standard InChI is InChI=1S/C8H5ClFN3.C2H6/c1-4-6-2-5(10)3-7(9)8(6)12-13-11-4;1-2/h2-3H,1H3;1-2H3. The average molecular weight is 228 g/mol. The number of aryl methyl sites for hydroxylation is 1. The van der Waals surface area contributed by atoms with Crippen LogP contribution in [0.25, 0.3) is 10.9 Å². The van der Waals surface area contributed by atoms with Crippen LogP contribution in [0.3, 0.4) is 0 Å². The molecule has 3 nitrogen and oxygen atoms in total. The van der Waals surface area contributed by atoms with Gasteiger partial charge in [-0.05, 0) is 24.3 Å². The van der Waals surface area contributed by atoms with Crippen LogP contribution in [0, 0.1) is 12.7 Å². The highest BCUT2D eigenvalue weighted by Gasteiger charge is 2.06. The van der Waals surface area contributed by atoms with Gasteiger partial charge < -0.3 is 0 Å². The number of rotatable bonds is 0. The lowest BCUT2D eigenvalue weighted by Crippen LogP contribution is -1.94. The minimum atomic E-state index is -0.393. The number of benzene rings is 1. The Balaban J connectivity index is 0.000000531. The zero-order chi connectivity index (χ0) is 11.4. The predicted octanol–water partition coefficient (Wildman–Crippen LogP) is 3.15. The van der Waals surface area contributed by atoms with E-state index >= 15 is 0 Å². The normalized spacial score (nSPS) is 9.67. The summed E-state index contributed by atoms with van der Waals surface area (Å²) in [6.07, 6.45) is 0. The maximum Gasteiger partial charge on any atom is 0.125 e. The van der Waals surface area contributed by atoms with Gasteiger partial charge in [0.15, 0.2) is 0 Å². The molecule has 2 aromatic rings. The van der Waals surface area contributed by atoms with Crippen LogP contribution in [-0.2, 0) is 0 Å². The summed E-state index contributed by atoms with van der Waals surface area (Å²) in [7, 11) is 0. The van der Waals surface area contributed by atoms with Gasteiger partial charge in [0.1, 0.15) is 11.3 Å². The van der Waals surface area contributed by atoms with Gasteiger partial charge in [0.05, 0.1) is 10.7 Å². The highest BCUT2D eigenvalue weighted by atomic mass is 35.5. The van der Waals surface area contributed by atoms with Crippen LogP contribution in [0.4, 0.5) is 4.39 Å². The second kappa shape index (κ2) is 4.98. The highest BCUT2D eigenvalue weighted by molar-refractivity contribution is 6.35. The summed E-state index contributed by atoms with van der Waals surface area (Å²) >= 11 is 5.76. The molecule has 0 bridgehead atoms. The third-order valence-electron chi connectivity index (χ3n) is 1.76. The summed E-state index contributed by atoms with van der Waals surface area (Å²) in [4.78, 5) is 0. The van der Waals surface area contributed by atoms with Crippen LogP contribution in [0.2, 0.25) is 5.02 Å². The number of hydrogen-bond donors (Lipinski definition) is 0. The van der Waals surface area contributed by atoms with Crippen LogP contribution < -0.4 is 0 Å². The first kappa shape index (κ1) is 11.8. The minimum Gasteiger partial charge on any atom is -0.207 e. The second-order valence-corrected chi connectivity index (χ2v) is 3.07. The first-order valence-electron chi connectivity index (χ1n) is 4.63. The van der Waals surface area contributed by atoms with Crippen LogP contribution in [0.15, 0.2) is 12.1 Å². The largest absolute Gasteiger partial charge is 0.207 e. The van der Waals surface area contributed by atoms with E-state index in [0.717, 1.165) is 0 Å². The van der Waals surface area contributed by atoms with E-state index in [9.17, 15) is 4.39 Å². The topological polar surface area (TPSA) is 38.7 Å². The summed E-state index contributed by atoms with van der Waals surface area (Å²) in [6, 6.07) is 2.55. The molecule has 80 valence electrons. The molecule has 0 aliphatic heterocycles. The average Bonchev–Trinajstić information content (AvgIpc) is 2.23. The van der Waals surface area contributed by atoms with E-state index in [2.05, 4.69) is 15.4 Å². The molecule has 0 aliphatic carbocycles. The summed E-state index contributed by atoms with van der Waals surface area (Å²) < 4.78 is 12.9. The molecular formula is C10H11ClFN3. The monoisotopic (exact) mass is 227 g/mol. The van der Waals surface area contributed by atoms with Gasteiger partial charge >= 0.3 is 0 Å². The van der Waals surface area contributed by atoms with Crippen molar-refractivity contribution in [3.05, 3.63) is 28.7 Å². The van der Waals surface area contributed by atoms with E-state index in [1.807, 2.05) is 13.8 Å². The molecule has 0 radical (unpaired) electrons. The molecule has 0 amide bonds. The Kier molecular flexibility index (Phi) is 3.91. The van der Waals surface area contributed by atoms with Crippen molar-refractivity contribution >= 4 is 22.5 Å². The van der Waals surface area contributed by atoms with Gasteiger partial charge in [0.25, 0.3) is 0 Å². The molecule has 2 rings (SSSR count). The van der Waals surface area contributed by atoms with E-state index < -0.39 is 5.82 Å². The third kappa shape index (κ3) is 2.39. The van der Waals surface area contributed by atoms with Crippen molar-refractivity contribution < 1.29 is 4.39 Å². The van der Waals surface area contributed by atoms with Gasteiger partial charge in [0.2, 0.25) is 0 Å². The fourth-order valence-electron chi connectivity index (χ4n) is 1.13. The van der Waals surface area contributed by atoms with Crippen molar-refractivity contribution in [3.8, 4) is 0 Å². The van der Waals surface area contributed by atoms with E-state index in [-0.39, 0.29) is 5.02 Å². The molecule has 0 saturated heterocycles. The van der Waals surface area contributed by atoms with Crippen LogP contribution in [0.1, 0.15) is 19.5 Å². The zero-order valence-corrected chi connectivity index (χ0v) is 9.51. The Labute approximate surface area is 92.3 Å². The second-order valence-electron chi connectivity index (χ2n) is 2.66. The molecule has 0 spiro atoms. The lowest BCUT2D eigenvalue weighted by molar-refractivity contribution is 0.629. The smallest absolute Gasteiger partial charge is 0.125 e. The molecular weight excluding hydrogens is 217 g/mol. The van der Waals surface area contributed by atoms with Gasteiger partial charge in [-0.15, -0.1) is 10.2 Å². The molecule has 0 aliphatic rings. The first-order chi connectivity index (χ1) is 7.18. The van der Waals surface area contributed by atoms with Crippen molar-refractivity contribution in [2.24, 2.45) is 0 Å². The Bertz CT molecular complexity index is 473. The molecule has 0 fully saturated rings. The first-order valence-corrected chi connectivity index (χ1v) is 5.01. The van der Waals surface area contributed by atoms with Gasteiger partial charge in [-0.3, -0.25) is 0 Å². The third-order valence-corrected chi connectivity index (χ3v) is 2.05. The summed E-state index contributed by atoms with van der Waals surface area (Å²) in [5, 5.41) is 11.8. The van der Waals surface area contributed by atoms with E-state index in [4.69, 9.17) is 11.6 Å². The van der Waals surface area contributed by atoms with Gasteiger partial charge in [-0.25, -0.2) is 4.39 Å². The van der Waals surface area contributed by atoms with Crippen LogP contribution >= 0.6 is 11.6 Å². The number of hydrogen-bond acceptors (Lipinski definition) is 3. The molecule has 0 saturated carbocycles. The molecule has 1 aromatic heterocycles. The van der Waals surface area contributed by atoms with Gasteiger partial charge in [-0.2, -0.15) is 0 Å². The van der Waals surface area contributed by atoms with Gasteiger partial charge in [0, 0.05) is 5.39 Å². The predicted molar refractivity (Wildman–Crippen MR) is 58.4 cm³/mol. The fourth-order valence-corrected chi connectivity index (χ4v) is 1.38. The Hall–Kier alpha value is -1.29. The summed E-state index contributed by atoms with van der Waals surface area (Å²) in [5.41, 5.74) is 1.10. The minimum absolute atomic E-state index is 0.257. The van der Waals surface area contributed by atoms with E-state index in [1.165, 1.54) is 12.1 Å². The lowest BCUT2D eigenvalue weighted by atomic mass is 10.2. The number of halogens is 2. The van der Waals surface area contributed by atoms with E-state index in [1.54, 1.807) is 6.92 Å². The molecule has 1 heterocycles. The fraction of sp³-hybridized carbons (Fsp3) is 0.300. The van der Waals surface area contributed by atoms with Crippen molar-refractivity contribution in [2.75, 3.05) is 0 Å². The van der Waals surface area contributed by atoms with E-state index in [0.29, 0.717) is 16.6 Å². The van der Waals surface area contributed by atoms with Crippen molar-refractivity contribution in [1.82, 2.24) is 15.4 Å². The zero-order valence-electron chi connectivity index (χ0n) is 8.75. The number of nitrogens with zero attached hydrogens (tertiary/aromatic N) is 3. The number of fused-ring (bicyclic) bond motifs is 1. The molecule has 0 N–H and O–H groups in total. The molecule has 15 heavy (non-hydrogen) atoms. The van der Waals surface area contributed by atoms with Gasteiger partial charge in [-0.1, -0.05) is 25.4 Å². The summed E-state index contributed by atoms with van der Waals surface area (Å²) in [5.74, 6) is -0.393. The van der Waals surface area contributed by atoms with Crippen molar-refractivity contribution in [1.29, 1.82) is 0 Å². The highest BCUT2D eigenvalue weighted by Crippen LogP contribution is 2.23. The van der Waals surface area contributed by atoms with Crippen molar-refractivity contribution in [3.63, 3.8) is 0 Å². The van der Waals surface area contributed by atoms with Crippen molar-refractivity contribution in [2.45, 2.75) is 20.8 Å². The van der Waals surface area contributed by atoms with Crippen LogP contribution in [-0.4, -0.2) is 15.4 Å². The Morgan fingerprint density at radius 1 is 1.20 bits per heavy atom. The Morgan fingerprint density at radius 2 is 1.87 bits per heavy atom. The summed E-state index contributed by atoms with van der Waals surface area (Å²) in [6.45, 7) is 5.73. The Morgan fingerprint density at radius 3 is 2.53 bits per heavy atom. The number of aromatic nitrogens is 3. The lowest BCUT2D eigenvalue weighted by Gasteiger charge is -2.00.